The van der Waals surface area contributed by atoms with Crippen molar-refractivity contribution >= 4 is 5.91 Å². The maximum Gasteiger partial charge on any atom is 0.258 e. The van der Waals surface area contributed by atoms with Crippen LogP contribution in [0, 0.1) is 19.8 Å². The summed E-state index contributed by atoms with van der Waals surface area (Å²) < 4.78 is 7.43. The van der Waals surface area contributed by atoms with Gasteiger partial charge in [0, 0.05) is 43.8 Å². The highest BCUT2D eigenvalue weighted by molar-refractivity contribution is 5.96. The molecule has 1 saturated carbocycles. The summed E-state index contributed by atoms with van der Waals surface area (Å²) in [5.74, 6) is 1.97. The fraction of sp³-hybridized carbons (Fsp3) is 0.522. The van der Waals surface area contributed by atoms with Gasteiger partial charge >= 0.3 is 0 Å². The van der Waals surface area contributed by atoms with Crippen molar-refractivity contribution in [1.82, 2.24) is 29.8 Å². The zero-order chi connectivity index (χ0) is 21.6. The highest BCUT2D eigenvalue weighted by atomic mass is 16.5. The van der Waals surface area contributed by atoms with Gasteiger partial charge in [0.2, 0.25) is 0 Å². The van der Waals surface area contributed by atoms with Crippen molar-refractivity contribution in [1.29, 1.82) is 0 Å². The first kappa shape index (κ1) is 19.9. The molecule has 8 heteroatoms. The molecule has 3 aromatic heterocycles. The lowest BCUT2D eigenvalue weighted by Crippen LogP contribution is -2.49. The number of hydrogen-bond donors (Lipinski definition) is 0. The molecular weight excluding hydrogens is 392 g/mol. The molecule has 0 N–H and O–H groups in total. The number of rotatable bonds is 5. The second kappa shape index (κ2) is 7.59. The molecule has 1 amide bonds. The van der Waals surface area contributed by atoms with E-state index in [1.807, 2.05) is 37.9 Å². The lowest BCUT2D eigenvalue weighted by atomic mass is 9.74. The van der Waals surface area contributed by atoms with Crippen LogP contribution in [0.1, 0.15) is 59.7 Å². The van der Waals surface area contributed by atoms with Crippen molar-refractivity contribution in [2.45, 2.75) is 51.4 Å². The van der Waals surface area contributed by atoms with Crippen LogP contribution in [0.5, 0.6) is 0 Å². The van der Waals surface area contributed by atoms with Gasteiger partial charge < -0.3 is 9.42 Å². The van der Waals surface area contributed by atoms with E-state index in [1.165, 1.54) is 12.8 Å². The molecule has 3 aromatic rings. The third kappa shape index (κ3) is 3.64. The Morgan fingerprint density at radius 1 is 1.26 bits per heavy atom. The van der Waals surface area contributed by atoms with Gasteiger partial charge in [-0.3, -0.25) is 14.5 Å². The predicted octanol–water partition coefficient (Wildman–Crippen LogP) is 3.46. The van der Waals surface area contributed by atoms with E-state index in [2.05, 4.69) is 15.2 Å². The monoisotopic (exact) mass is 420 g/mol. The average molecular weight is 421 g/mol. The molecule has 8 nitrogen and oxygen atoms in total. The van der Waals surface area contributed by atoms with Crippen LogP contribution in [-0.2, 0) is 12.5 Å². The molecule has 1 saturated heterocycles. The third-order valence-corrected chi connectivity index (χ3v) is 6.79. The molecule has 2 fully saturated rings. The second-order valence-electron chi connectivity index (χ2n) is 9.09. The fourth-order valence-corrected chi connectivity index (χ4v) is 4.91. The Bertz CT molecular complexity index is 1100. The Labute approximate surface area is 181 Å². The minimum absolute atomic E-state index is 0.0563. The van der Waals surface area contributed by atoms with Gasteiger partial charge in [0.1, 0.15) is 0 Å². The molecule has 2 aliphatic rings. The van der Waals surface area contributed by atoms with Gasteiger partial charge in [0.15, 0.2) is 5.82 Å². The Morgan fingerprint density at radius 2 is 2.03 bits per heavy atom. The number of aromatic nitrogens is 5. The average Bonchev–Trinajstić information content (AvgIpc) is 3.36. The van der Waals surface area contributed by atoms with E-state index in [4.69, 9.17) is 9.51 Å². The number of pyridine rings is 1. The van der Waals surface area contributed by atoms with Crippen molar-refractivity contribution in [3.05, 3.63) is 47.3 Å². The van der Waals surface area contributed by atoms with Crippen molar-refractivity contribution < 1.29 is 9.32 Å². The highest BCUT2D eigenvalue weighted by Gasteiger charge is 2.46. The van der Waals surface area contributed by atoms with Gasteiger partial charge in [-0.2, -0.15) is 10.1 Å². The molecular formula is C23H28N6O2. The second-order valence-corrected chi connectivity index (χ2v) is 9.09. The molecule has 1 aliphatic carbocycles. The predicted molar refractivity (Wildman–Crippen MR) is 114 cm³/mol. The number of aryl methyl sites for hydroxylation is 2. The van der Waals surface area contributed by atoms with Crippen molar-refractivity contribution in [3.63, 3.8) is 0 Å². The van der Waals surface area contributed by atoms with Crippen LogP contribution >= 0.6 is 0 Å². The third-order valence-electron chi connectivity index (χ3n) is 6.79. The largest absolute Gasteiger partial charge is 0.338 e. The van der Waals surface area contributed by atoms with Gasteiger partial charge in [0.25, 0.3) is 11.8 Å². The van der Waals surface area contributed by atoms with E-state index in [9.17, 15) is 4.79 Å². The lowest BCUT2D eigenvalue weighted by Gasteiger charge is -2.41. The number of amides is 1. The van der Waals surface area contributed by atoms with E-state index >= 15 is 0 Å². The molecule has 0 radical (unpaired) electrons. The number of piperidine rings is 1. The summed E-state index contributed by atoms with van der Waals surface area (Å²) in [5.41, 5.74) is 2.99. The first-order chi connectivity index (χ1) is 15.0. The van der Waals surface area contributed by atoms with Gasteiger partial charge in [-0.1, -0.05) is 18.0 Å². The lowest BCUT2D eigenvalue weighted by molar-refractivity contribution is 0.0605. The van der Waals surface area contributed by atoms with Crippen molar-refractivity contribution in [2.24, 2.45) is 13.0 Å². The SMILES string of the molecule is Cc1nn(C)c(C)c1C(=O)N1CCCC(CC2CC2)(c2noc(-c3ccncc3)n2)C1. The summed E-state index contributed by atoms with van der Waals surface area (Å²) in [6, 6.07) is 3.74. The normalized spacial score (nSPS) is 21.5. The van der Waals surface area contributed by atoms with Crippen LogP contribution in [0.2, 0.25) is 0 Å². The van der Waals surface area contributed by atoms with E-state index in [0.29, 0.717) is 18.4 Å². The summed E-state index contributed by atoms with van der Waals surface area (Å²) in [7, 11) is 1.88. The Morgan fingerprint density at radius 3 is 2.71 bits per heavy atom. The summed E-state index contributed by atoms with van der Waals surface area (Å²) in [4.78, 5) is 24.3. The van der Waals surface area contributed by atoms with Crippen LogP contribution in [-0.4, -0.2) is 48.8 Å². The molecule has 4 heterocycles. The summed E-state index contributed by atoms with van der Waals surface area (Å²) in [6.07, 6.45) is 8.81. The quantitative estimate of drug-likeness (QED) is 0.628. The molecule has 1 unspecified atom stereocenters. The summed E-state index contributed by atoms with van der Waals surface area (Å²) in [6.45, 7) is 5.22. The van der Waals surface area contributed by atoms with Gasteiger partial charge in [0.05, 0.1) is 16.7 Å². The molecule has 0 aromatic carbocycles. The minimum atomic E-state index is -0.270. The van der Waals surface area contributed by atoms with Crippen molar-refractivity contribution in [2.75, 3.05) is 13.1 Å². The van der Waals surface area contributed by atoms with Crippen LogP contribution in [0.15, 0.2) is 29.0 Å². The fourth-order valence-electron chi connectivity index (χ4n) is 4.91. The first-order valence-corrected chi connectivity index (χ1v) is 11.0. The number of carbonyl (C=O) groups is 1. The van der Waals surface area contributed by atoms with Gasteiger partial charge in [-0.15, -0.1) is 0 Å². The smallest absolute Gasteiger partial charge is 0.258 e. The van der Waals surface area contributed by atoms with E-state index < -0.39 is 0 Å². The molecule has 162 valence electrons. The Kier molecular flexibility index (Phi) is 4.87. The maximum absolute atomic E-state index is 13.5. The Hall–Kier alpha value is -3.03. The maximum atomic E-state index is 13.5. The standard InChI is InChI=1S/C23H28N6O2/c1-15-19(16(2)28(3)26-15)21(30)29-12-4-9-23(14-29,13-17-5-6-17)22-25-20(31-27-22)18-7-10-24-11-8-18/h7-8,10-11,17H,4-6,9,12-14H2,1-3H3. The highest BCUT2D eigenvalue weighted by Crippen LogP contribution is 2.46. The minimum Gasteiger partial charge on any atom is -0.338 e. The van der Waals surface area contributed by atoms with Crippen LogP contribution in [0.3, 0.4) is 0 Å². The van der Waals surface area contributed by atoms with Gasteiger partial charge in [-0.05, 0) is 51.2 Å². The zero-order valence-corrected chi connectivity index (χ0v) is 18.3. The molecule has 1 atom stereocenters. The molecule has 0 bridgehead atoms. The topological polar surface area (TPSA) is 89.9 Å². The van der Waals surface area contributed by atoms with E-state index in [-0.39, 0.29) is 11.3 Å². The zero-order valence-electron chi connectivity index (χ0n) is 18.3. The number of likely N-dealkylation sites (tertiary alicyclic amines) is 1. The van der Waals surface area contributed by atoms with E-state index in [1.54, 1.807) is 17.1 Å². The molecule has 0 spiro atoms. The van der Waals surface area contributed by atoms with Crippen molar-refractivity contribution in [3.8, 4) is 11.5 Å². The van der Waals surface area contributed by atoms with Crippen LogP contribution in [0.4, 0.5) is 0 Å². The molecule has 1 aliphatic heterocycles. The Balaban J connectivity index is 1.47. The summed E-state index contributed by atoms with van der Waals surface area (Å²) >= 11 is 0. The first-order valence-electron chi connectivity index (χ1n) is 11.0. The van der Waals surface area contributed by atoms with E-state index in [0.717, 1.165) is 54.1 Å². The van der Waals surface area contributed by atoms with Crippen LogP contribution in [0.25, 0.3) is 11.5 Å². The molecule has 31 heavy (non-hydrogen) atoms. The van der Waals surface area contributed by atoms with Gasteiger partial charge in [-0.25, -0.2) is 0 Å². The number of nitrogens with zero attached hydrogens (tertiary/aromatic N) is 6. The number of carbonyl (C=O) groups excluding carboxylic acids is 1. The molecule has 5 rings (SSSR count). The number of hydrogen-bond acceptors (Lipinski definition) is 6. The summed E-state index contributed by atoms with van der Waals surface area (Å²) in [5, 5.41) is 8.85. The van der Waals surface area contributed by atoms with Crippen LogP contribution < -0.4 is 0 Å².